The molecular formula is C48H27BN2O2. The quantitative estimate of drug-likeness (QED) is 0.171. The molecule has 8 aromatic carbocycles. The number of nitrogens with zero attached hydrogens (tertiary/aromatic N) is 2. The summed E-state index contributed by atoms with van der Waals surface area (Å²) >= 11 is 0. The molecule has 3 aliphatic rings. The Kier molecular flexibility index (Phi) is 5.16. The molecule has 10 aromatic rings. The Morgan fingerprint density at radius 3 is 1.45 bits per heavy atom. The maximum atomic E-state index is 6.82. The van der Waals surface area contributed by atoms with Crippen LogP contribution in [0.1, 0.15) is 0 Å². The molecule has 5 heterocycles. The standard InChI is InChI=1S/C48H27BN2O2/c1-2-10-28(11-3-1)29-20-22-30(23-21-29)50-39-16-8-14-35-43-37(26-24-33-31-12-4-6-18-41(31)52-47(33)43)51-38-27-25-34-32-13-5-7-19-42(32)53-48(34)44(38)36-15-9-17-40(50)46(36)49(51)45(35)39/h1-27H. The van der Waals surface area contributed by atoms with Gasteiger partial charge in [0.25, 0.3) is 0 Å². The molecular weight excluding hydrogens is 647 g/mol. The van der Waals surface area contributed by atoms with Crippen LogP contribution in [0.4, 0.5) is 28.4 Å². The highest BCUT2D eigenvalue weighted by Crippen LogP contribution is 2.55. The van der Waals surface area contributed by atoms with Crippen LogP contribution in [0.25, 0.3) is 77.3 Å². The molecule has 0 N–H and O–H groups in total. The minimum absolute atomic E-state index is 0.0455. The van der Waals surface area contributed by atoms with Gasteiger partial charge < -0.3 is 18.5 Å². The summed E-state index contributed by atoms with van der Waals surface area (Å²) in [5.41, 5.74) is 19.1. The summed E-state index contributed by atoms with van der Waals surface area (Å²) in [6.45, 7) is -0.0455. The molecule has 244 valence electrons. The van der Waals surface area contributed by atoms with E-state index >= 15 is 0 Å². The van der Waals surface area contributed by atoms with Crippen molar-refractivity contribution < 1.29 is 8.83 Å². The van der Waals surface area contributed by atoms with Crippen molar-refractivity contribution in [3.63, 3.8) is 0 Å². The average molecular weight is 675 g/mol. The Morgan fingerprint density at radius 2 is 0.887 bits per heavy atom. The molecule has 0 amide bonds. The summed E-state index contributed by atoms with van der Waals surface area (Å²) in [5.74, 6) is 0. The highest BCUT2D eigenvalue weighted by atomic mass is 16.3. The van der Waals surface area contributed by atoms with Crippen molar-refractivity contribution in [1.82, 2.24) is 0 Å². The lowest BCUT2D eigenvalue weighted by Gasteiger charge is -2.48. The normalized spacial score (nSPS) is 13.5. The number of rotatable bonds is 2. The molecule has 0 saturated carbocycles. The number of hydrogen-bond acceptors (Lipinski definition) is 4. The third-order valence-corrected chi connectivity index (χ3v) is 11.8. The van der Waals surface area contributed by atoms with Gasteiger partial charge in [-0.25, -0.2) is 0 Å². The maximum absolute atomic E-state index is 6.82. The Hall–Kier alpha value is -6.98. The van der Waals surface area contributed by atoms with E-state index in [0.717, 1.165) is 72.1 Å². The Morgan fingerprint density at radius 1 is 0.377 bits per heavy atom. The Balaban J connectivity index is 1.16. The number of para-hydroxylation sites is 2. The van der Waals surface area contributed by atoms with Gasteiger partial charge in [0.1, 0.15) is 22.3 Å². The lowest BCUT2D eigenvalue weighted by molar-refractivity contribution is 0.670. The van der Waals surface area contributed by atoms with Crippen LogP contribution in [-0.4, -0.2) is 6.85 Å². The first-order chi connectivity index (χ1) is 26.3. The van der Waals surface area contributed by atoms with Gasteiger partial charge in [-0.2, -0.15) is 0 Å². The van der Waals surface area contributed by atoms with Crippen molar-refractivity contribution in [3.05, 3.63) is 164 Å². The van der Waals surface area contributed by atoms with Crippen molar-refractivity contribution in [2.75, 3.05) is 9.71 Å². The van der Waals surface area contributed by atoms with Gasteiger partial charge >= 0.3 is 6.85 Å². The van der Waals surface area contributed by atoms with E-state index in [1.807, 2.05) is 0 Å². The molecule has 0 spiro atoms. The fourth-order valence-electron chi connectivity index (χ4n) is 9.64. The molecule has 53 heavy (non-hydrogen) atoms. The minimum atomic E-state index is -0.0455. The Labute approximate surface area is 304 Å². The van der Waals surface area contributed by atoms with Gasteiger partial charge in [0.05, 0.1) is 0 Å². The highest BCUT2D eigenvalue weighted by Gasteiger charge is 2.50. The van der Waals surface area contributed by atoms with Crippen LogP contribution in [0.15, 0.2) is 173 Å². The first-order valence-corrected chi connectivity index (χ1v) is 18.2. The molecule has 0 saturated heterocycles. The van der Waals surface area contributed by atoms with Crippen LogP contribution < -0.4 is 20.6 Å². The second-order valence-electron chi connectivity index (χ2n) is 14.4. The molecule has 0 atom stereocenters. The predicted molar refractivity (Wildman–Crippen MR) is 219 cm³/mol. The lowest BCUT2D eigenvalue weighted by Crippen LogP contribution is -2.63. The first kappa shape index (κ1) is 27.7. The van der Waals surface area contributed by atoms with Gasteiger partial charge in [-0.1, -0.05) is 103 Å². The molecule has 0 bridgehead atoms. The summed E-state index contributed by atoms with van der Waals surface area (Å²) in [7, 11) is 0. The third-order valence-electron chi connectivity index (χ3n) is 11.8. The van der Waals surface area contributed by atoms with E-state index in [1.54, 1.807) is 0 Å². The molecule has 0 radical (unpaired) electrons. The van der Waals surface area contributed by atoms with E-state index in [4.69, 9.17) is 8.83 Å². The third kappa shape index (κ3) is 3.47. The summed E-state index contributed by atoms with van der Waals surface area (Å²) in [4.78, 5) is 5.03. The molecule has 0 fully saturated rings. The SMILES string of the molecule is c1ccc(-c2ccc(N3c4cccc5c4B4c6c(cccc63)-c3c(ccc6c3oc3ccccc36)N4c3ccc4c(oc6ccccc64)c3-5)cc2)cc1. The highest BCUT2D eigenvalue weighted by molar-refractivity contribution is 6.95. The molecule has 13 rings (SSSR count). The molecule has 2 aromatic heterocycles. The molecule has 5 heteroatoms. The van der Waals surface area contributed by atoms with E-state index < -0.39 is 0 Å². The van der Waals surface area contributed by atoms with E-state index in [9.17, 15) is 0 Å². The number of anilines is 5. The van der Waals surface area contributed by atoms with E-state index in [1.165, 1.54) is 44.6 Å². The zero-order valence-electron chi connectivity index (χ0n) is 28.4. The lowest BCUT2D eigenvalue weighted by atomic mass is 9.41. The number of furan rings is 2. The first-order valence-electron chi connectivity index (χ1n) is 18.2. The zero-order chi connectivity index (χ0) is 34.4. The van der Waals surface area contributed by atoms with Gasteiger partial charge in [-0.3, -0.25) is 0 Å². The van der Waals surface area contributed by atoms with Gasteiger partial charge in [-0.15, -0.1) is 0 Å². The smallest absolute Gasteiger partial charge is 0.333 e. The second-order valence-corrected chi connectivity index (χ2v) is 14.4. The summed E-state index contributed by atoms with van der Waals surface area (Å²) < 4.78 is 13.6. The van der Waals surface area contributed by atoms with Gasteiger partial charge in [0.2, 0.25) is 0 Å². The van der Waals surface area contributed by atoms with E-state index in [2.05, 4.69) is 174 Å². The summed E-state index contributed by atoms with van der Waals surface area (Å²) in [6, 6.07) is 59.1. The predicted octanol–water partition coefficient (Wildman–Crippen LogP) is 11.8. The minimum Gasteiger partial charge on any atom is -0.455 e. The monoisotopic (exact) mass is 674 g/mol. The van der Waals surface area contributed by atoms with Crippen LogP contribution in [0.3, 0.4) is 0 Å². The maximum Gasteiger partial charge on any atom is 0.333 e. The van der Waals surface area contributed by atoms with Gasteiger partial charge in [0.15, 0.2) is 0 Å². The van der Waals surface area contributed by atoms with Crippen molar-refractivity contribution in [1.29, 1.82) is 0 Å². The van der Waals surface area contributed by atoms with Crippen molar-refractivity contribution in [3.8, 4) is 33.4 Å². The molecule has 3 aliphatic heterocycles. The van der Waals surface area contributed by atoms with E-state index in [-0.39, 0.29) is 6.85 Å². The summed E-state index contributed by atoms with van der Waals surface area (Å²) in [5, 5.41) is 4.53. The van der Waals surface area contributed by atoms with Crippen molar-refractivity contribution in [2.45, 2.75) is 0 Å². The van der Waals surface area contributed by atoms with Crippen LogP contribution in [0, 0.1) is 0 Å². The number of benzene rings is 8. The van der Waals surface area contributed by atoms with Crippen LogP contribution in [-0.2, 0) is 0 Å². The van der Waals surface area contributed by atoms with Crippen LogP contribution >= 0.6 is 0 Å². The number of hydrogen-bond donors (Lipinski definition) is 0. The van der Waals surface area contributed by atoms with Gasteiger partial charge in [0, 0.05) is 61.1 Å². The molecule has 4 nitrogen and oxygen atoms in total. The average Bonchev–Trinajstić information content (AvgIpc) is 3.80. The Bertz CT molecular complexity index is 3020. The van der Waals surface area contributed by atoms with Crippen molar-refractivity contribution >= 4 is 90.1 Å². The molecule has 0 unspecified atom stereocenters. The molecule has 0 aliphatic carbocycles. The zero-order valence-corrected chi connectivity index (χ0v) is 28.4. The van der Waals surface area contributed by atoms with Gasteiger partial charge in [-0.05, 0) is 93.8 Å². The second kappa shape index (κ2) is 9.87. The fourth-order valence-corrected chi connectivity index (χ4v) is 9.64. The van der Waals surface area contributed by atoms with Crippen LogP contribution in [0.2, 0.25) is 0 Å². The number of fused-ring (bicyclic) bond motifs is 14. The van der Waals surface area contributed by atoms with Crippen molar-refractivity contribution in [2.24, 2.45) is 0 Å². The van der Waals surface area contributed by atoms with E-state index in [0.29, 0.717) is 0 Å². The topological polar surface area (TPSA) is 32.8 Å². The fraction of sp³-hybridized carbons (Fsp3) is 0. The van der Waals surface area contributed by atoms with Crippen LogP contribution in [0.5, 0.6) is 0 Å². The largest absolute Gasteiger partial charge is 0.455 e. The summed E-state index contributed by atoms with van der Waals surface area (Å²) in [6.07, 6.45) is 0.